The maximum atomic E-state index is 14.1. The maximum Gasteiger partial charge on any atom is 0.351 e. The summed E-state index contributed by atoms with van der Waals surface area (Å²) in [7, 11) is 0. The van der Waals surface area contributed by atoms with Gasteiger partial charge in [-0.2, -0.15) is 13.8 Å². The van der Waals surface area contributed by atoms with E-state index in [1.807, 2.05) is 0 Å². The number of nitrogen functional groups attached to an aromatic ring is 1. The number of hydrogen-bond acceptors (Lipinski definition) is 6. The number of anilines is 1. The molecule has 0 amide bonds. The molecular formula is C12H13F2N3O4. The van der Waals surface area contributed by atoms with Gasteiger partial charge in [0, 0.05) is 6.20 Å². The van der Waals surface area contributed by atoms with Crippen LogP contribution in [-0.2, 0) is 4.74 Å². The van der Waals surface area contributed by atoms with Crippen LogP contribution >= 0.6 is 0 Å². The molecule has 4 atom stereocenters. The maximum absolute atomic E-state index is 14.1. The van der Waals surface area contributed by atoms with Crippen LogP contribution in [0.25, 0.3) is 0 Å². The Morgan fingerprint density at radius 1 is 1.67 bits per heavy atom. The molecule has 4 unspecified atom stereocenters. The van der Waals surface area contributed by atoms with Gasteiger partial charge in [-0.1, -0.05) is 5.92 Å². The highest BCUT2D eigenvalue weighted by Crippen LogP contribution is 2.43. The lowest BCUT2D eigenvalue weighted by Gasteiger charge is -2.21. The van der Waals surface area contributed by atoms with E-state index in [2.05, 4.69) is 10.9 Å². The summed E-state index contributed by atoms with van der Waals surface area (Å²) in [5.41, 5.74) is 4.22. The molecule has 21 heavy (non-hydrogen) atoms. The number of ether oxygens (including phenoxy) is 1. The molecule has 0 aromatic carbocycles. The van der Waals surface area contributed by atoms with E-state index in [1.165, 1.54) is 6.92 Å². The van der Waals surface area contributed by atoms with E-state index in [9.17, 15) is 23.8 Å². The van der Waals surface area contributed by atoms with E-state index < -0.39 is 36.2 Å². The van der Waals surface area contributed by atoms with Crippen LogP contribution in [0.4, 0.5) is 14.6 Å². The summed E-state index contributed by atoms with van der Waals surface area (Å²) in [6.07, 6.45) is -1.29. The quantitative estimate of drug-likeness (QED) is 0.609. The largest absolute Gasteiger partial charge is 0.391 e. The monoisotopic (exact) mass is 301 g/mol. The zero-order valence-electron chi connectivity index (χ0n) is 10.9. The first-order valence-corrected chi connectivity index (χ1v) is 5.94. The van der Waals surface area contributed by atoms with Gasteiger partial charge in [0.05, 0.1) is 11.7 Å². The van der Waals surface area contributed by atoms with Crippen LogP contribution in [0.15, 0.2) is 11.0 Å². The minimum Gasteiger partial charge on any atom is -0.391 e. The van der Waals surface area contributed by atoms with Gasteiger partial charge >= 0.3 is 11.6 Å². The third-order valence-corrected chi connectivity index (χ3v) is 3.19. The second-order valence-corrected chi connectivity index (χ2v) is 4.69. The van der Waals surface area contributed by atoms with Crippen molar-refractivity contribution in [2.45, 2.75) is 37.4 Å². The molecule has 7 nitrogen and oxygen atoms in total. The van der Waals surface area contributed by atoms with E-state index in [-0.39, 0.29) is 11.4 Å². The first-order valence-electron chi connectivity index (χ1n) is 5.94. The molecule has 0 spiro atoms. The average molecular weight is 301 g/mol. The fourth-order valence-electron chi connectivity index (χ4n) is 2.07. The zero-order chi connectivity index (χ0) is 15.9. The minimum absolute atomic E-state index is 0.0658. The van der Waals surface area contributed by atoms with Gasteiger partial charge in [0.15, 0.2) is 6.10 Å². The molecule has 4 N–H and O–H groups in total. The predicted molar refractivity (Wildman–Crippen MR) is 67.4 cm³/mol. The smallest absolute Gasteiger partial charge is 0.351 e. The van der Waals surface area contributed by atoms with E-state index >= 15 is 0 Å². The van der Waals surface area contributed by atoms with Crippen molar-refractivity contribution in [1.29, 1.82) is 0 Å². The molecule has 2 rings (SSSR count). The van der Waals surface area contributed by atoms with Crippen molar-refractivity contribution in [2.24, 2.45) is 0 Å². The standard InChI is InChI=1S/C12H13F2N3O4/c1-3-6-4-17(11(20)16-9(6)15)10-12(13,14)8(19)7(21-10)5(2)18/h1,4-5,7-8,10,18-19H,2H3,(H2,15,16,20). The van der Waals surface area contributed by atoms with Gasteiger partial charge < -0.3 is 20.7 Å². The Hall–Kier alpha value is -2.02. The number of nitrogens with two attached hydrogens (primary N) is 1. The van der Waals surface area contributed by atoms with Gasteiger partial charge in [0.2, 0.25) is 6.23 Å². The Balaban J connectivity index is 2.52. The number of rotatable bonds is 2. The molecule has 0 bridgehead atoms. The lowest BCUT2D eigenvalue weighted by atomic mass is 10.1. The van der Waals surface area contributed by atoms with Crippen LogP contribution in [0, 0.1) is 12.3 Å². The van der Waals surface area contributed by atoms with Gasteiger partial charge in [-0.15, -0.1) is 6.42 Å². The highest BCUT2D eigenvalue weighted by Gasteiger charge is 2.60. The lowest BCUT2D eigenvalue weighted by molar-refractivity contribution is -0.141. The van der Waals surface area contributed by atoms with Crippen LogP contribution in [0.3, 0.4) is 0 Å². The summed E-state index contributed by atoms with van der Waals surface area (Å²) >= 11 is 0. The molecule has 9 heteroatoms. The lowest BCUT2D eigenvalue weighted by Crippen LogP contribution is -2.43. The summed E-state index contributed by atoms with van der Waals surface area (Å²) in [6, 6.07) is 0. The molecule has 1 aromatic heterocycles. The Bertz CT molecular complexity index is 653. The summed E-state index contributed by atoms with van der Waals surface area (Å²) in [5, 5.41) is 18.9. The fourth-order valence-corrected chi connectivity index (χ4v) is 2.07. The van der Waals surface area contributed by atoms with Gasteiger partial charge in [0.25, 0.3) is 0 Å². The van der Waals surface area contributed by atoms with E-state index in [0.717, 1.165) is 6.20 Å². The Morgan fingerprint density at radius 3 is 2.76 bits per heavy atom. The minimum atomic E-state index is -3.81. The third kappa shape index (κ3) is 2.37. The highest BCUT2D eigenvalue weighted by molar-refractivity contribution is 5.47. The predicted octanol–water partition coefficient (Wildman–Crippen LogP) is -0.919. The summed E-state index contributed by atoms with van der Waals surface area (Å²) in [4.78, 5) is 15.0. The summed E-state index contributed by atoms with van der Waals surface area (Å²) in [6.45, 7) is 1.18. The van der Waals surface area contributed by atoms with Crippen LogP contribution < -0.4 is 11.4 Å². The van der Waals surface area contributed by atoms with Crippen molar-refractivity contribution in [3.8, 4) is 12.3 Å². The second kappa shape index (κ2) is 5.07. The molecule has 2 heterocycles. The van der Waals surface area contributed by atoms with E-state index in [4.69, 9.17) is 16.9 Å². The van der Waals surface area contributed by atoms with Crippen molar-refractivity contribution >= 4 is 5.82 Å². The topological polar surface area (TPSA) is 111 Å². The molecule has 114 valence electrons. The zero-order valence-corrected chi connectivity index (χ0v) is 10.9. The van der Waals surface area contributed by atoms with Crippen LogP contribution in [-0.4, -0.2) is 44.0 Å². The van der Waals surface area contributed by atoms with Crippen molar-refractivity contribution in [2.75, 3.05) is 5.73 Å². The highest BCUT2D eigenvalue weighted by atomic mass is 19.3. The van der Waals surface area contributed by atoms with Crippen LogP contribution in [0.1, 0.15) is 18.7 Å². The van der Waals surface area contributed by atoms with Crippen LogP contribution in [0.2, 0.25) is 0 Å². The fraction of sp³-hybridized carbons (Fsp3) is 0.500. The number of hydrogen-bond donors (Lipinski definition) is 3. The first-order chi connectivity index (χ1) is 9.70. The number of aromatic nitrogens is 2. The van der Waals surface area contributed by atoms with Gasteiger partial charge in [-0.3, -0.25) is 4.57 Å². The molecule has 1 aliphatic rings. The van der Waals surface area contributed by atoms with Gasteiger partial charge in [-0.05, 0) is 6.92 Å². The molecule has 0 radical (unpaired) electrons. The second-order valence-electron chi connectivity index (χ2n) is 4.69. The number of terminal acetylenes is 1. The molecule has 0 saturated carbocycles. The molecule has 1 fully saturated rings. The van der Waals surface area contributed by atoms with E-state index in [0.29, 0.717) is 4.57 Å². The Morgan fingerprint density at radius 2 is 2.29 bits per heavy atom. The molecule has 1 aliphatic heterocycles. The number of alkyl halides is 2. The third-order valence-electron chi connectivity index (χ3n) is 3.19. The van der Waals surface area contributed by atoms with Crippen LogP contribution in [0.5, 0.6) is 0 Å². The van der Waals surface area contributed by atoms with Gasteiger partial charge in [-0.25, -0.2) is 4.79 Å². The molecule has 1 aromatic rings. The normalized spacial score (nSPS) is 29.0. The summed E-state index contributed by atoms with van der Waals surface area (Å²) < 4.78 is 33.5. The number of nitrogens with zero attached hydrogens (tertiary/aromatic N) is 2. The SMILES string of the molecule is C#Cc1cn(C2OC(C(C)O)C(O)C2(F)F)c(=O)nc1N. The van der Waals surface area contributed by atoms with Gasteiger partial charge in [0.1, 0.15) is 11.9 Å². The molecule has 0 aliphatic carbocycles. The molecular weight excluding hydrogens is 288 g/mol. The van der Waals surface area contributed by atoms with Crippen molar-refractivity contribution in [3.05, 3.63) is 22.2 Å². The first kappa shape index (κ1) is 15.4. The Kier molecular flexibility index (Phi) is 3.71. The number of aliphatic hydroxyl groups is 2. The summed E-state index contributed by atoms with van der Waals surface area (Å²) in [5.74, 6) is -1.98. The number of aliphatic hydroxyl groups excluding tert-OH is 2. The van der Waals surface area contributed by atoms with Crippen molar-refractivity contribution < 1.29 is 23.7 Å². The molecule has 1 saturated heterocycles. The van der Waals surface area contributed by atoms with E-state index in [1.54, 1.807) is 0 Å². The Labute approximate surface area is 118 Å². The average Bonchev–Trinajstić information content (AvgIpc) is 2.62. The van der Waals surface area contributed by atoms with Crippen molar-refractivity contribution in [1.82, 2.24) is 9.55 Å². The number of halogens is 2. The van der Waals surface area contributed by atoms with Crippen molar-refractivity contribution in [3.63, 3.8) is 0 Å².